The molecule has 1 fully saturated rings. The van der Waals surface area contributed by atoms with Crippen LogP contribution in [0.2, 0.25) is 0 Å². The third kappa shape index (κ3) is 4.45. The first-order chi connectivity index (χ1) is 13.6. The van der Waals surface area contributed by atoms with Crippen LogP contribution in [-0.2, 0) is 27.2 Å². The van der Waals surface area contributed by atoms with Crippen molar-refractivity contribution in [3.63, 3.8) is 0 Å². The van der Waals surface area contributed by atoms with Crippen molar-refractivity contribution in [3.05, 3.63) is 57.8 Å². The molecule has 4 rings (SSSR count). The predicted octanol–water partition coefficient (Wildman–Crippen LogP) is 3.15. The van der Waals surface area contributed by atoms with Gasteiger partial charge in [-0.25, -0.2) is 0 Å². The van der Waals surface area contributed by atoms with E-state index < -0.39 is 0 Å². The summed E-state index contributed by atoms with van der Waals surface area (Å²) in [4.78, 5) is 25.6. The Kier molecular flexibility index (Phi) is 5.78. The molecular weight excluding hydrogens is 372 g/mol. The van der Waals surface area contributed by atoms with E-state index in [1.807, 2.05) is 18.2 Å². The summed E-state index contributed by atoms with van der Waals surface area (Å²) in [6.07, 6.45) is 4.02. The van der Waals surface area contributed by atoms with Crippen LogP contribution in [0.15, 0.2) is 41.8 Å². The molecule has 2 N–H and O–H groups in total. The molecule has 28 heavy (non-hydrogen) atoms. The van der Waals surface area contributed by atoms with Crippen molar-refractivity contribution in [1.29, 1.82) is 0 Å². The van der Waals surface area contributed by atoms with Gasteiger partial charge < -0.3 is 15.4 Å². The number of carbonyl (C=O) groups excluding carboxylic acids is 2. The Morgan fingerprint density at radius 2 is 2.14 bits per heavy atom. The smallest absolute Gasteiger partial charge is 0.220 e. The number of fused-ring (bicyclic) bond motifs is 1. The molecule has 2 aromatic rings. The number of hydrogen-bond acceptors (Lipinski definition) is 4. The summed E-state index contributed by atoms with van der Waals surface area (Å²) in [7, 11) is 0. The molecule has 0 radical (unpaired) electrons. The lowest BCUT2D eigenvalue weighted by Gasteiger charge is -2.29. The van der Waals surface area contributed by atoms with E-state index in [0.717, 1.165) is 19.3 Å². The van der Waals surface area contributed by atoms with Gasteiger partial charge in [0.05, 0.1) is 6.61 Å². The molecule has 6 heteroatoms. The van der Waals surface area contributed by atoms with Crippen molar-refractivity contribution in [2.75, 3.05) is 13.2 Å². The van der Waals surface area contributed by atoms with Crippen molar-refractivity contribution in [1.82, 2.24) is 10.6 Å². The Hall–Kier alpha value is -2.18. The van der Waals surface area contributed by atoms with Gasteiger partial charge >= 0.3 is 0 Å². The van der Waals surface area contributed by atoms with Gasteiger partial charge in [-0.2, -0.15) is 0 Å². The molecule has 0 spiro atoms. The lowest BCUT2D eigenvalue weighted by Crippen LogP contribution is -2.44. The fraction of sp³-hybridized carbons (Fsp3) is 0.455. The first-order valence-corrected chi connectivity index (χ1v) is 10.8. The summed E-state index contributed by atoms with van der Waals surface area (Å²) in [5, 5.41) is 8.22. The number of nitrogens with one attached hydrogen (secondary N) is 2. The predicted molar refractivity (Wildman–Crippen MR) is 109 cm³/mol. The van der Waals surface area contributed by atoms with Crippen LogP contribution in [0.3, 0.4) is 0 Å². The first-order valence-electron chi connectivity index (χ1n) is 9.93. The number of thiophene rings is 1. The maximum atomic E-state index is 12.5. The minimum absolute atomic E-state index is 0.0124. The zero-order valence-corrected chi connectivity index (χ0v) is 16.7. The van der Waals surface area contributed by atoms with Gasteiger partial charge in [0.2, 0.25) is 11.8 Å². The lowest BCUT2D eigenvalue weighted by molar-refractivity contribution is -0.123. The Balaban J connectivity index is 1.32. The monoisotopic (exact) mass is 398 g/mol. The molecule has 148 valence electrons. The molecule has 0 saturated carbocycles. The van der Waals surface area contributed by atoms with Crippen LogP contribution in [0.4, 0.5) is 0 Å². The summed E-state index contributed by atoms with van der Waals surface area (Å²) in [6, 6.07) is 12.4. The largest absolute Gasteiger partial charge is 0.371 e. The third-order valence-corrected chi connectivity index (χ3v) is 6.61. The molecule has 3 heterocycles. The Morgan fingerprint density at radius 1 is 1.25 bits per heavy atom. The highest BCUT2D eigenvalue weighted by atomic mass is 32.1. The third-order valence-electron chi connectivity index (χ3n) is 5.74. The zero-order chi connectivity index (χ0) is 19.4. The maximum Gasteiger partial charge on any atom is 0.220 e. The molecule has 2 aliphatic heterocycles. The van der Waals surface area contributed by atoms with Gasteiger partial charge in [0, 0.05) is 36.2 Å². The Bertz CT molecular complexity index is 836. The van der Waals surface area contributed by atoms with E-state index in [1.54, 1.807) is 11.3 Å². The van der Waals surface area contributed by atoms with Gasteiger partial charge in [0.15, 0.2) is 0 Å². The fourth-order valence-electron chi connectivity index (χ4n) is 4.22. The molecule has 2 aliphatic rings. The molecule has 0 bridgehead atoms. The number of amides is 2. The minimum Gasteiger partial charge on any atom is -0.371 e. The molecule has 2 amide bonds. The lowest BCUT2D eigenvalue weighted by atomic mass is 9.87. The standard InChI is InChI=1S/C22H26N2O3S/c25-20(23-15-19-18-6-2-1-4-16(18)9-12-27-19)7-10-22(11-8-21(26)24-22)14-17-5-3-13-28-17/h1-6,13,19H,7-12,14-15H2,(H,23,25)(H,24,26). The topological polar surface area (TPSA) is 67.4 Å². The second-order valence-corrected chi connectivity index (χ2v) is 8.73. The molecule has 1 aromatic heterocycles. The van der Waals surface area contributed by atoms with Crippen molar-refractivity contribution >= 4 is 23.2 Å². The maximum absolute atomic E-state index is 12.5. The highest BCUT2D eigenvalue weighted by Crippen LogP contribution is 2.31. The van der Waals surface area contributed by atoms with E-state index in [-0.39, 0.29) is 23.5 Å². The number of carbonyl (C=O) groups is 2. The summed E-state index contributed by atoms with van der Waals surface area (Å²) < 4.78 is 5.87. The normalized spacial score (nSPS) is 23.9. The highest BCUT2D eigenvalue weighted by Gasteiger charge is 2.38. The number of hydrogen-bond donors (Lipinski definition) is 2. The number of ether oxygens (including phenoxy) is 1. The average Bonchev–Trinajstić information content (AvgIpc) is 3.35. The first kappa shape index (κ1) is 19.2. The van der Waals surface area contributed by atoms with Gasteiger partial charge in [0.1, 0.15) is 6.10 Å². The van der Waals surface area contributed by atoms with Crippen molar-refractivity contribution in [2.24, 2.45) is 0 Å². The highest BCUT2D eigenvalue weighted by molar-refractivity contribution is 7.09. The van der Waals surface area contributed by atoms with Gasteiger partial charge in [-0.1, -0.05) is 30.3 Å². The van der Waals surface area contributed by atoms with Crippen LogP contribution < -0.4 is 10.6 Å². The van der Waals surface area contributed by atoms with Crippen LogP contribution in [0, 0.1) is 0 Å². The van der Waals surface area contributed by atoms with Crippen LogP contribution in [0.5, 0.6) is 0 Å². The summed E-state index contributed by atoms with van der Waals surface area (Å²) >= 11 is 1.70. The second-order valence-electron chi connectivity index (χ2n) is 7.70. The van der Waals surface area contributed by atoms with E-state index >= 15 is 0 Å². The van der Waals surface area contributed by atoms with Gasteiger partial charge in [-0.3, -0.25) is 9.59 Å². The zero-order valence-electron chi connectivity index (χ0n) is 15.9. The Labute approximate surface area is 169 Å². The van der Waals surface area contributed by atoms with Crippen molar-refractivity contribution < 1.29 is 14.3 Å². The van der Waals surface area contributed by atoms with E-state index in [0.29, 0.717) is 32.4 Å². The molecule has 2 unspecified atom stereocenters. The van der Waals surface area contributed by atoms with Gasteiger partial charge in [-0.15, -0.1) is 11.3 Å². The molecule has 1 aromatic carbocycles. The van der Waals surface area contributed by atoms with E-state index in [4.69, 9.17) is 4.74 Å². The fourth-order valence-corrected chi connectivity index (χ4v) is 5.07. The van der Waals surface area contributed by atoms with Crippen LogP contribution in [-0.4, -0.2) is 30.5 Å². The summed E-state index contributed by atoms with van der Waals surface area (Å²) in [6.45, 7) is 1.17. The van der Waals surface area contributed by atoms with Crippen molar-refractivity contribution in [3.8, 4) is 0 Å². The number of benzene rings is 1. The molecule has 5 nitrogen and oxygen atoms in total. The summed E-state index contributed by atoms with van der Waals surface area (Å²) in [5.41, 5.74) is 2.18. The number of rotatable bonds is 7. The quantitative estimate of drug-likeness (QED) is 0.753. The van der Waals surface area contributed by atoms with Gasteiger partial charge in [0.25, 0.3) is 0 Å². The molecular formula is C22H26N2O3S. The van der Waals surface area contributed by atoms with Crippen LogP contribution >= 0.6 is 11.3 Å². The molecule has 0 aliphatic carbocycles. The molecule has 2 atom stereocenters. The average molecular weight is 399 g/mol. The van der Waals surface area contributed by atoms with Crippen LogP contribution in [0.1, 0.15) is 47.8 Å². The summed E-state index contributed by atoms with van der Waals surface area (Å²) in [5.74, 6) is 0.0996. The van der Waals surface area contributed by atoms with Gasteiger partial charge in [-0.05, 0) is 41.8 Å². The van der Waals surface area contributed by atoms with E-state index in [2.05, 4.69) is 34.2 Å². The second kappa shape index (κ2) is 8.45. The minimum atomic E-state index is -0.298. The van der Waals surface area contributed by atoms with E-state index in [9.17, 15) is 9.59 Å². The Morgan fingerprint density at radius 3 is 2.93 bits per heavy atom. The SMILES string of the molecule is O=C(CCC1(Cc2cccs2)CCC(=O)N1)NCC1OCCc2ccccc21. The van der Waals surface area contributed by atoms with Crippen molar-refractivity contribution in [2.45, 2.75) is 50.2 Å². The molecule has 1 saturated heterocycles. The van der Waals surface area contributed by atoms with Crippen LogP contribution in [0.25, 0.3) is 0 Å². The van der Waals surface area contributed by atoms with E-state index in [1.165, 1.54) is 16.0 Å².